The summed E-state index contributed by atoms with van der Waals surface area (Å²) in [5.41, 5.74) is 0.908. The topological polar surface area (TPSA) is 94.8 Å². The van der Waals surface area contributed by atoms with Crippen LogP contribution in [0.2, 0.25) is 0 Å². The molecule has 0 aliphatic heterocycles. The first-order valence-corrected chi connectivity index (χ1v) is 12.0. The van der Waals surface area contributed by atoms with Gasteiger partial charge in [-0.3, -0.25) is 14.7 Å². The first-order chi connectivity index (χ1) is 15.8. The van der Waals surface area contributed by atoms with Gasteiger partial charge in [0.1, 0.15) is 17.4 Å². The summed E-state index contributed by atoms with van der Waals surface area (Å²) in [5.74, 6) is 1.96. The van der Waals surface area contributed by atoms with Crippen LogP contribution in [-0.2, 0) is 11.4 Å². The highest BCUT2D eigenvalue weighted by Crippen LogP contribution is 2.42. The van der Waals surface area contributed by atoms with Crippen molar-refractivity contribution in [3.05, 3.63) is 71.5 Å². The molecule has 1 fully saturated rings. The quantitative estimate of drug-likeness (QED) is 0.369. The average Bonchev–Trinajstić information content (AvgIpc) is 3.44. The number of carbonyl (C=O) groups is 1. The highest BCUT2D eigenvalue weighted by Gasteiger charge is 2.27. The van der Waals surface area contributed by atoms with Crippen LogP contribution >= 0.6 is 23.1 Å². The number of nitrogens with one attached hydrogen (secondary N) is 1. The molecule has 1 aliphatic carbocycles. The van der Waals surface area contributed by atoms with Gasteiger partial charge in [-0.1, -0.05) is 59.5 Å². The van der Waals surface area contributed by atoms with Gasteiger partial charge in [0, 0.05) is 11.6 Å². The maximum absolute atomic E-state index is 12.5. The lowest BCUT2D eigenvalue weighted by Crippen LogP contribution is -2.14. The lowest BCUT2D eigenvalue weighted by molar-refractivity contribution is -0.113. The summed E-state index contributed by atoms with van der Waals surface area (Å²) in [7, 11) is 0. The third-order valence-electron chi connectivity index (χ3n) is 4.77. The summed E-state index contributed by atoms with van der Waals surface area (Å²) in [6.07, 6.45) is 2.31. The first-order valence-electron chi connectivity index (χ1n) is 10.2. The van der Waals surface area contributed by atoms with Gasteiger partial charge in [0.2, 0.25) is 11.0 Å². The molecule has 5 rings (SSSR count). The molecule has 2 aromatic heterocycles. The number of thioether (sulfide) groups is 1. The fourth-order valence-corrected chi connectivity index (χ4v) is 4.75. The van der Waals surface area contributed by atoms with E-state index in [4.69, 9.17) is 4.74 Å². The van der Waals surface area contributed by atoms with Crippen LogP contribution in [0.5, 0.6) is 5.75 Å². The van der Waals surface area contributed by atoms with Gasteiger partial charge in [-0.15, -0.1) is 20.4 Å². The maximum Gasteiger partial charge on any atom is 0.236 e. The van der Waals surface area contributed by atoms with Gasteiger partial charge in [-0.05, 0) is 37.1 Å². The van der Waals surface area contributed by atoms with E-state index in [1.54, 1.807) is 0 Å². The molecule has 10 heteroatoms. The molecule has 1 N–H and O–H groups in total. The Hall–Kier alpha value is -3.24. The summed E-state index contributed by atoms with van der Waals surface area (Å²) in [6.45, 7) is 0.257. The number of nitrogens with zero attached hydrogens (tertiary/aromatic N) is 5. The Labute approximate surface area is 193 Å². The number of hydrogen-bond acceptors (Lipinski definition) is 8. The zero-order chi connectivity index (χ0) is 21.8. The minimum absolute atomic E-state index is 0.154. The summed E-state index contributed by atoms with van der Waals surface area (Å²) in [4.78, 5) is 12.5. The van der Waals surface area contributed by atoms with E-state index >= 15 is 0 Å². The number of benzene rings is 2. The molecule has 0 unspecified atom stereocenters. The minimum Gasteiger partial charge on any atom is -0.486 e. The SMILES string of the molecule is O=C(CSc1nnc(COc2ccccc2)n1-c1ccccc1)Nc1nnc(C2CC2)s1. The minimum atomic E-state index is -0.154. The average molecular weight is 465 g/mol. The van der Waals surface area contributed by atoms with Gasteiger partial charge in [0.15, 0.2) is 11.0 Å². The number of aromatic nitrogens is 5. The maximum atomic E-state index is 12.5. The highest BCUT2D eigenvalue weighted by atomic mass is 32.2. The van der Waals surface area contributed by atoms with Crippen LogP contribution in [0.4, 0.5) is 5.13 Å². The van der Waals surface area contributed by atoms with E-state index in [1.165, 1.54) is 23.1 Å². The predicted octanol–water partition coefficient (Wildman–Crippen LogP) is 4.31. The third-order valence-corrected chi connectivity index (χ3v) is 6.70. The molecule has 162 valence electrons. The lowest BCUT2D eigenvalue weighted by atomic mass is 10.3. The summed E-state index contributed by atoms with van der Waals surface area (Å²) < 4.78 is 7.79. The van der Waals surface area contributed by atoms with Crippen molar-refractivity contribution in [2.24, 2.45) is 0 Å². The zero-order valence-electron chi connectivity index (χ0n) is 17.0. The number of carbonyl (C=O) groups excluding carboxylic acids is 1. The molecule has 1 amide bonds. The highest BCUT2D eigenvalue weighted by molar-refractivity contribution is 7.99. The van der Waals surface area contributed by atoms with Crippen molar-refractivity contribution in [1.29, 1.82) is 0 Å². The van der Waals surface area contributed by atoms with Crippen LogP contribution in [-0.4, -0.2) is 36.6 Å². The van der Waals surface area contributed by atoms with Crippen molar-refractivity contribution in [3.63, 3.8) is 0 Å². The number of ether oxygens (including phenoxy) is 1. The normalized spacial score (nSPS) is 13.1. The Morgan fingerprint density at radius 2 is 1.78 bits per heavy atom. The van der Waals surface area contributed by atoms with E-state index in [-0.39, 0.29) is 18.3 Å². The molecule has 2 heterocycles. The molecule has 2 aromatic carbocycles. The first kappa shape index (κ1) is 20.7. The summed E-state index contributed by atoms with van der Waals surface area (Å²) >= 11 is 2.76. The van der Waals surface area contributed by atoms with Crippen LogP contribution in [0.1, 0.15) is 29.6 Å². The fraction of sp³-hybridized carbons (Fsp3) is 0.227. The van der Waals surface area contributed by atoms with Gasteiger partial charge >= 0.3 is 0 Å². The largest absolute Gasteiger partial charge is 0.486 e. The van der Waals surface area contributed by atoms with E-state index in [2.05, 4.69) is 25.7 Å². The van der Waals surface area contributed by atoms with Gasteiger partial charge in [0.25, 0.3) is 0 Å². The number of amides is 1. The zero-order valence-corrected chi connectivity index (χ0v) is 18.7. The molecule has 4 aromatic rings. The Balaban J connectivity index is 1.28. The van der Waals surface area contributed by atoms with Gasteiger partial charge < -0.3 is 4.74 Å². The number of rotatable bonds is 9. The molecule has 32 heavy (non-hydrogen) atoms. The number of para-hydroxylation sites is 2. The molecular weight excluding hydrogens is 444 g/mol. The molecule has 0 bridgehead atoms. The molecule has 0 radical (unpaired) electrons. The molecular formula is C22H20N6O2S2. The van der Waals surface area contributed by atoms with Gasteiger partial charge in [-0.2, -0.15) is 0 Å². The van der Waals surface area contributed by atoms with E-state index in [0.29, 0.717) is 22.0 Å². The van der Waals surface area contributed by atoms with Crippen LogP contribution < -0.4 is 10.1 Å². The number of hydrogen-bond donors (Lipinski definition) is 1. The monoisotopic (exact) mass is 464 g/mol. The lowest BCUT2D eigenvalue weighted by Gasteiger charge is -2.11. The Kier molecular flexibility index (Phi) is 6.13. The second kappa shape index (κ2) is 9.49. The van der Waals surface area contributed by atoms with Crippen molar-refractivity contribution in [3.8, 4) is 11.4 Å². The van der Waals surface area contributed by atoms with E-state index in [0.717, 1.165) is 29.3 Å². The van der Waals surface area contributed by atoms with Crippen LogP contribution in [0, 0.1) is 0 Å². The number of anilines is 1. The van der Waals surface area contributed by atoms with Crippen LogP contribution in [0.3, 0.4) is 0 Å². The van der Waals surface area contributed by atoms with Crippen molar-refractivity contribution in [2.75, 3.05) is 11.1 Å². The molecule has 0 spiro atoms. The van der Waals surface area contributed by atoms with Crippen molar-refractivity contribution in [2.45, 2.75) is 30.5 Å². The van der Waals surface area contributed by atoms with Crippen LogP contribution in [0.15, 0.2) is 65.8 Å². The Morgan fingerprint density at radius 1 is 1.03 bits per heavy atom. The van der Waals surface area contributed by atoms with Crippen LogP contribution in [0.25, 0.3) is 5.69 Å². The second-order valence-electron chi connectivity index (χ2n) is 7.23. The second-order valence-corrected chi connectivity index (χ2v) is 9.18. The van der Waals surface area contributed by atoms with Crippen molar-refractivity contribution in [1.82, 2.24) is 25.0 Å². The summed E-state index contributed by atoms with van der Waals surface area (Å²) in [6, 6.07) is 19.4. The molecule has 1 aliphatic rings. The standard InChI is InChI=1S/C22H20N6O2S2/c29-19(23-21-26-25-20(32-21)15-11-12-15)14-31-22-27-24-18(13-30-17-9-5-2-6-10-17)28(22)16-7-3-1-4-8-16/h1-10,15H,11-14H2,(H,23,26,29). The fourth-order valence-electron chi connectivity index (χ4n) is 3.05. The van der Waals surface area contributed by atoms with E-state index < -0.39 is 0 Å². The smallest absolute Gasteiger partial charge is 0.236 e. The van der Waals surface area contributed by atoms with E-state index in [9.17, 15) is 4.79 Å². The summed E-state index contributed by atoms with van der Waals surface area (Å²) in [5, 5.41) is 21.8. The Bertz CT molecular complexity index is 1190. The van der Waals surface area contributed by atoms with E-state index in [1.807, 2.05) is 65.2 Å². The Morgan fingerprint density at radius 3 is 2.53 bits per heavy atom. The molecule has 1 saturated carbocycles. The molecule has 8 nitrogen and oxygen atoms in total. The molecule has 0 saturated heterocycles. The van der Waals surface area contributed by atoms with Crippen molar-refractivity contribution >= 4 is 34.1 Å². The third kappa shape index (κ3) is 4.97. The predicted molar refractivity (Wildman–Crippen MR) is 123 cm³/mol. The van der Waals surface area contributed by atoms with Crippen molar-refractivity contribution < 1.29 is 9.53 Å². The molecule has 0 atom stereocenters. The van der Waals surface area contributed by atoms with Gasteiger partial charge in [0.05, 0.1) is 5.75 Å². The van der Waals surface area contributed by atoms with Gasteiger partial charge in [-0.25, -0.2) is 0 Å².